The first-order chi connectivity index (χ1) is 8.15. The SMILES string of the molecule is C#CCC(CC)NC(=O)Cc1cccc(F)c1. The Kier molecular flexibility index (Phi) is 5.22. The van der Waals surface area contributed by atoms with E-state index in [2.05, 4.69) is 11.2 Å². The van der Waals surface area contributed by atoms with Crippen LogP contribution in [0.3, 0.4) is 0 Å². The van der Waals surface area contributed by atoms with Crippen molar-refractivity contribution in [2.24, 2.45) is 0 Å². The van der Waals surface area contributed by atoms with E-state index in [9.17, 15) is 9.18 Å². The van der Waals surface area contributed by atoms with Gasteiger partial charge in [-0.2, -0.15) is 0 Å². The van der Waals surface area contributed by atoms with Crippen LogP contribution in [0.2, 0.25) is 0 Å². The lowest BCUT2D eigenvalue weighted by Gasteiger charge is -2.14. The summed E-state index contributed by atoms with van der Waals surface area (Å²) < 4.78 is 12.9. The minimum Gasteiger partial charge on any atom is -0.352 e. The molecule has 1 rings (SSSR count). The molecule has 0 aliphatic carbocycles. The van der Waals surface area contributed by atoms with E-state index in [0.29, 0.717) is 12.0 Å². The minimum atomic E-state index is -0.328. The zero-order valence-corrected chi connectivity index (χ0v) is 9.87. The number of benzene rings is 1. The van der Waals surface area contributed by atoms with E-state index in [-0.39, 0.29) is 24.2 Å². The number of halogens is 1. The third-order valence-electron chi connectivity index (χ3n) is 2.48. The number of hydrogen-bond acceptors (Lipinski definition) is 1. The summed E-state index contributed by atoms with van der Waals surface area (Å²) in [6.45, 7) is 1.96. The van der Waals surface area contributed by atoms with Crippen LogP contribution in [0.5, 0.6) is 0 Å². The quantitative estimate of drug-likeness (QED) is 0.777. The fraction of sp³-hybridized carbons (Fsp3) is 0.357. The van der Waals surface area contributed by atoms with Crippen molar-refractivity contribution in [3.8, 4) is 12.3 Å². The average Bonchev–Trinajstić information content (AvgIpc) is 2.28. The highest BCUT2D eigenvalue weighted by molar-refractivity contribution is 5.78. The molecule has 0 saturated heterocycles. The summed E-state index contributed by atoms with van der Waals surface area (Å²) in [5, 5.41) is 2.83. The van der Waals surface area contributed by atoms with Crippen molar-refractivity contribution in [3.63, 3.8) is 0 Å². The normalized spacial score (nSPS) is 11.6. The molecule has 1 aromatic carbocycles. The Bertz CT molecular complexity index is 422. The van der Waals surface area contributed by atoms with Crippen molar-refractivity contribution in [1.29, 1.82) is 0 Å². The summed E-state index contributed by atoms with van der Waals surface area (Å²) >= 11 is 0. The van der Waals surface area contributed by atoms with Gasteiger partial charge >= 0.3 is 0 Å². The first-order valence-electron chi connectivity index (χ1n) is 5.63. The molecule has 2 nitrogen and oxygen atoms in total. The number of amides is 1. The van der Waals surface area contributed by atoms with Crippen LogP contribution in [-0.4, -0.2) is 11.9 Å². The molecule has 0 aliphatic heterocycles. The third kappa shape index (κ3) is 4.69. The molecule has 0 spiro atoms. The Hall–Kier alpha value is -1.82. The zero-order valence-electron chi connectivity index (χ0n) is 9.87. The van der Waals surface area contributed by atoms with Gasteiger partial charge in [-0.3, -0.25) is 4.79 Å². The predicted octanol–water partition coefficient (Wildman–Crippen LogP) is 2.29. The number of carbonyl (C=O) groups excluding carboxylic acids is 1. The van der Waals surface area contributed by atoms with E-state index in [1.807, 2.05) is 6.92 Å². The lowest BCUT2D eigenvalue weighted by atomic mass is 10.1. The number of carbonyl (C=O) groups is 1. The zero-order chi connectivity index (χ0) is 12.7. The van der Waals surface area contributed by atoms with E-state index in [1.165, 1.54) is 12.1 Å². The summed E-state index contributed by atoms with van der Waals surface area (Å²) in [6, 6.07) is 6.04. The van der Waals surface area contributed by atoms with Crippen LogP contribution in [-0.2, 0) is 11.2 Å². The van der Waals surface area contributed by atoms with Crippen LogP contribution in [0.15, 0.2) is 24.3 Å². The first-order valence-corrected chi connectivity index (χ1v) is 5.63. The maximum atomic E-state index is 12.9. The summed E-state index contributed by atoms with van der Waals surface area (Å²) in [7, 11) is 0. The lowest BCUT2D eigenvalue weighted by Crippen LogP contribution is -2.35. The van der Waals surface area contributed by atoms with Crippen LogP contribution >= 0.6 is 0 Å². The molecule has 0 saturated carbocycles. The Morgan fingerprint density at radius 1 is 1.59 bits per heavy atom. The molecule has 1 N–H and O–H groups in total. The molecular formula is C14H16FNO. The number of nitrogens with one attached hydrogen (secondary N) is 1. The monoisotopic (exact) mass is 233 g/mol. The van der Waals surface area contributed by atoms with Gasteiger partial charge < -0.3 is 5.32 Å². The van der Waals surface area contributed by atoms with Gasteiger partial charge in [0.15, 0.2) is 0 Å². The number of hydrogen-bond donors (Lipinski definition) is 1. The molecule has 0 heterocycles. The average molecular weight is 233 g/mol. The van der Waals surface area contributed by atoms with Crippen LogP contribution in [0, 0.1) is 18.2 Å². The van der Waals surface area contributed by atoms with E-state index in [1.54, 1.807) is 12.1 Å². The van der Waals surface area contributed by atoms with Gasteiger partial charge in [0.2, 0.25) is 5.91 Å². The Morgan fingerprint density at radius 3 is 2.94 bits per heavy atom. The molecule has 1 amide bonds. The van der Waals surface area contributed by atoms with Gasteiger partial charge in [-0.15, -0.1) is 12.3 Å². The highest BCUT2D eigenvalue weighted by Gasteiger charge is 2.09. The van der Waals surface area contributed by atoms with E-state index >= 15 is 0 Å². The Balaban J connectivity index is 2.52. The van der Waals surface area contributed by atoms with Crippen LogP contribution in [0.1, 0.15) is 25.3 Å². The highest BCUT2D eigenvalue weighted by Crippen LogP contribution is 2.05. The van der Waals surface area contributed by atoms with Crippen molar-refractivity contribution < 1.29 is 9.18 Å². The van der Waals surface area contributed by atoms with Crippen LogP contribution in [0.25, 0.3) is 0 Å². The molecule has 0 bridgehead atoms. The van der Waals surface area contributed by atoms with Gasteiger partial charge in [0.1, 0.15) is 5.82 Å². The smallest absolute Gasteiger partial charge is 0.224 e. The molecule has 0 fully saturated rings. The van der Waals surface area contributed by atoms with Crippen molar-refractivity contribution in [2.75, 3.05) is 0 Å². The van der Waals surface area contributed by atoms with Gasteiger partial charge in [-0.1, -0.05) is 19.1 Å². The molecule has 0 aliphatic rings. The number of rotatable bonds is 5. The largest absolute Gasteiger partial charge is 0.352 e. The van der Waals surface area contributed by atoms with Gasteiger partial charge in [0.05, 0.1) is 6.42 Å². The maximum absolute atomic E-state index is 12.9. The Morgan fingerprint density at radius 2 is 2.35 bits per heavy atom. The second-order valence-electron chi connectivity index (χ2n) is 3.89. The summed E-state index contributed by atoms with van der Waals surface area (Å²) in [6.07, 6.45) is 6.69. The molecule has 17 heavy (non-hydrogen) atoms. The molecule has 1 aromatic rings. The lowest BCUT2D eigenvalue weighted by molar-refractivity contribution is -0.121. The summed E-state index contributed by atoms with van der Waals surface area (Å²) in [5.74, 6) is 2.07. The molecular weight excluding hydrogens is 217 g/mol. The molecule has 1 atom stereocenters. The predicted molar refractivity (Wildman–Crippen MR) is 65.8 cm³/mol. The van der Waals surface area contributed by atoms with Gasteiger partial charge in [-0.25, -0.2) is 4.39 Å². The first kappa shape index (κ1) is 13.2. The topological polar surface area (TPSA) is 29.1 Å². The van der Waals surface area contributed by atoms with Gasteiger partial charge in [0.25, 0.3) is 0 Å². The second-order valence-corrected chi connectivity index (χ2v) is 3.89. The van der Waals surface area contributed by atoms with Gasteiger partial charge in [-0.05, 0) is 24.1 Å². The van der Waals surface area contributed by atoms with Crippen molar-refractivity contribution in [1.82, 2.24) is 5.32 Å². The molecule has 1 unspecified atom stereocenters. The molecule has 0 aromatic heterocycles. The summed E-state index contributed by atoms with van der Waals surface area (Å²) in [4.78, 5) is 11.7. The third-order valence-corrected chi connectivity index (χ3v) is 2.48. The fourth-order valence-electron chi connectivity index (χ4n) is 1.55. The van der Waals surface area contributed by atoms with Crippen LogP contribution < -0.4 is 5.32 Å². The van der Waals surface area contributed by atoms with Gasteiger partial charge in [0, 0.05) is 12.5 Å². The molecule has 0 radical (unpaired) electrons. The minimum absolute atomic E-state index is 0.000981. The second kappa shape index (κ2) is 6.70. The van der Waals surface area contributed by atoms with E-state index in [4.69, 9.17) is 6.42 Å². The molecule has 3 heteroatoms. The standard InChI is InChI=1S/C14H16FNO/c1-3-6-13(4-2)16-14(17)10-11-7-5-8-12(15)9-11/h1,5,7-9,13H,4,6,10H2,2H3,(H,16,17). The van der Waals surface area contributed by atoms with Crippen molar-refractivity contribution in [2.45, 2.75) is 32.2 Å². The van der Waals surface area contributed by atoms with Crippen molar-refractivity contribution >= 4 is 5.91 Å². The number of terminal acetylenes is 1. The highest BCUT2D eigenvalue weighted by atomic mass is 19.1. The fourth-order valence-corrected chi connectivity index (χ4v) is 1.55. The maximum Gasteiger partial charge on any atom is 0.224 e. The molecule has 90 valence electrons. The Labute approximate surface area is 101 Å². The van der Waals surface area contributed by atoms with Crippen LogP contribution in [0.4, 0.5) is 4.39 Å². The van der Waals surface area contributed by atoms with Crippen molar-refractivity contribution in [3.05, 3.63) is 35.6 Å². The van der Waals surface area contributed by atoms with E-state index < -0.39 is 0 Å². The summed E-state index contributed by atoms with van der Waals surface area (Å²) in [5.41, 5.74) is 0.665. The van der Waals surface area contributed by atoms with E-state index in [0.717, 1.165) is 6.42 Å².